The van der Waals surface area contributed by atoms with Gasteiger partial charge >= 0.3 is 11.9 Å². The van der Waals surface area contributed by atoms with E-state index in [1.165, 1.54) is 14.2 Å². The number of esters is 2. The Morgan fingerprint density at radius 1 is 0.500 bits per heavy atom. The summed E-state index contributed by atoms with van der Waals surface area (Å²) in [5, 5.41) is 0. The summed E-state index contributed by atoms with van der Waals surface area (Å²) < 4.78 is 22.5. The summed E-state index contributed by atoms with van der Waals surface area (Å²) in [7, 11) is 2.53. The Balaban J connectivity index is 1.83. The van der Waals surface area contributed by atoms with Gasteiger partial charge in [-0.3, -0.25) is 0 Å². The van der Waals surface area contributed by atoms with E-state index in [-0.39, 0.29) is 24.4 Å². The molecular formula is C32H28O6. The Labute approximate surface area is 222 Å². The third kappa shape index (κ3) is 6.28. The van der Waals surface area contributed by atoms with Crippen molar-refractivity contribution in [3.05, 3.63) is 131 Å². The molecule has 192 valence electrons. The second-order valence-electron chi connectivity index (χ2n) is 8.27. The van der Waals surface area contributed by atoms with Gasteiger partial charge in [0.25, 0.3) is 0 Å². The van der Waals surface area contributed by atoms with Gasteiger partial charge in [-0.2, -0.15) is 0 Å². The Morgan fingerprint density at radius 3 is 1.21 bits per heavy atom. The second-order valence-corrected chi connectivity index (χ2v) is 8.27. The summed E-state index contributed by atoms with van der Waals surface area (Å²) in [6.45, 7) is 0.549. The summed E-state index contributed by atoms with van der Waals surface area (Å²) in [6, 6.07) is 33.4. The molecule has 6 nitrogen and oxygen atoms in total. The van der Waals surface area contributed by atoms with Gasteiger partial charge in [0.15, 0.2) is 0 Å². The maximum absolute atomic E-state index is 13.3. The molecule has 0 aliphatic rings. The van der Waals surface area contributed by atoms with Crippen molar-refractivity contribution in [3.63, 3.8) is 0 Å². The van der Waals surface area contributed by atoms with E-state index >= 15 is 0 Å². The zero-order valence-corrected chi connectivity index (χ0v) is 21.3. The number of benzene rings is 4. The Morgan fingerprint density at radius 2 is 0.842 bits per heavy atom. The molecular weight excluding hydrogens is 480 g/mol. The van der Waals surface area contributed by atoms with Crippen molar-refractivity contribution in [2.24, 2.45) is 0 Å². The molecule has 0 radical (unpaired) electrons. The lowest BCUT2D eigenvalue weighted by Gasteiger charge is -2.18. The van der Waals surface area contributed by atoms with Crippen LogP contribution in [0.2, 0.25) is 0 Å². The van der Waals surface area contributed by atoms with Gasteiger partial charge in [0.05, 0.1) is 25.4 Å². The molecule has 0 amide bonds. The highest BCUT2D eigenvalue weighted by Gasteiger charge is 2.29. The van der Waals surface area contributed by atoms with E-state index in [0.717, 1.165) is 11.1 Å². The minimum absolute atomic E-state index is 0.0128. The zero-order chi connectivity index (χ0) is 26.7. The summed E-state index contributed by atoms with van der Waals surface area (Å²) in [5.74, 6) is -0.584. The third-order valence-corrected chi connectivity index (χ3v) is 5.82. The Bertz CT molecular complexity index is 1300. The standard InChI is InChI=1S/C32H28O6/c1-35-31(33)29(25-17-9-11-19-27(25)37-21-23-13-5-3-6-14-23)30(32(34)36-2)26-18-10-12-20-28(26)38-22-24-15-7-4-8-16-24/h3-20H,21-22H2,1-2H3/b30-29+. The average Bonchev–Trinajstić information content (AvgIpc) is 2.98. The van der Waals surface area contributed by atoms with Crippen LogP contribution in [-0.2, 0) is 32.3 Å². The third-order valence-electron chi connectivity index (χ3n) is 5.82. The van der Waals surface area contributed by atoms with Crippen molar-refractivity contribution >= 4 is 23.1 Å². The van der Waals surface area contributed by atoms with Gasteiger partial charge < -0.3 is 18.9 Å². The first-order valence-corrected chi connectivity index (χ1v) is 12.1. The molecule has 0 spiro atoms. The molecule has 4 aromatic carbocycles. The van der Waals surface area contributed by atoms with Gasteiger partial charge in [-0.25, -0.2) is 9.59 Å². The van der Waals surface area contributed by atoms with Gasteiger partial charge in [-0.1, -0.05) is 97.1 Å². The smallest absolute Gasteiger partial charge is 0.339 e. The Hall–Kier alpha value is -4.84. The lowest BCUT2D eigenvalue weighted by Crippen LogP contribution is -2.15. The molecule has 4 aromatic rings. The van der Waals surface area contributed by atoms with Crippen molar-refractivity contribution in [1.82, 2.24) is 0 Å². The number of carbonyl (C=O) groups excluding carboxylic acids is 2. The highest BCUT2D eigenvalue weighted by atomic mass is 16.5. The van der Waals surface area contributed by atoms with Crippen molar-refractivity contribution in [3.8, 4) is 11.5 Å². The molecule has 0 aromatic heterocycles. The molecule has 4 rings (SSSR count). The summed E-state index contributed by atoms with van der Waals surface area (Å²) in [6.07, 6.45) is 0. The van der Waals surface area contributed by atoms with Crippen molar-refractivity contribution in [1.29, 1.82) is 0 Å². The molecule has 0 N–H and O–H groups in total. The normalized spacial score (nSPS) is 11.2. The fraction of sp³-hybridized carbons (Fsp3) is 0.125. The van der Waals surface area contributed by atoms with Gasteiger partial charge in [-0.05, 0) is 23.3 Å². The first-order chi connectivity index (χ1) is 18.6. The van der Waals surface area contributed by atoms with E-state index in [2.05, 4.69) is 0 Å². The molecule has 0 saturated carbocycles. The summed E-state index contributed by atoms with van der Waals surface area (Å²) >= 11 is 0. The van der Waals surface area contributed by atoms with E-state index in [4.69, 9.17) is 18.9 Å². The number of carbonyl (C=O) groups is 2. The fourth-order valence-electron chi connectivity index (χ4n) is 3.97. The molecule has 0 saturated heterocycles. The maximum atomic E-state index is 13.3. The van der Waals surface area contributed by atoms with E-state index in [0.29, 0.717) is 22.6 Å². The van der Waals surface area contributed by atoms with Gasteiger partial charge in [0.1, 0.15) is 24.7 Å². The van der Waals surface area contributed by atoms with Crippen LogP contribution in [0, 0.1) is 0 Å². The predicted octanol–water partition coefficient (Wildman–Crippen LogP) is 6.10. The fourth-order valence-corrected chi connectivity index (χ4v) is 3.97. The number of para-hydroxylation sites is 2. The van der Waals surface area contributed by atoms with Crippen LogP contribution in [-0.4, -0.2) is 26.2 Å². The quantitative estimate of drug-likeness (QED) is 0.146. The lowest BCUT2D eigenvalue weighted by molar-refractivity contribution is -0.135. The van der Waals surface area contributed by atoms with Crippen LogP contribution in [0.15, 0.2) is 109 Å². The highest BCUT2D eigenvalue weighted by Crippen LogP contribution is 2.37. The van der Waals surface area contributed by atoms with Crippen molar-refractivity contribution < 1.29 is 28.5 Å². The lowest BCUT2D eigenvalue weighted by atomic mass is 9.93. The number of ether oxygens (including phenoxy) is 4. The van der Waals surface area contributed by atoms with Crippen LogP contribution in [0.5, 0.6) is 11.5 Å². The molecule has 0 bridgehead atoms. The van der Waals surface area contributed by atoms with Crippen molar-refractivity contribution in [2.45, 2.75) is 13.2 Å². The first kappa shape index (κ1) is 26.2. The van der Waals surface area contributed by atoms with Crippen LogP contribution < -0.4 is 9.47 Å². The van der Waals surface area contributed by atoms with Gasteiger partial charge in [0.2, 0.25) is 0 Å². The molecule has 0 aliphatic heterocycles. The van der Waals surface area contributed by atoms with Gasteiger partial charge in [0, 0.05) is 11.1 Å². The highest BCUT2D eigenvalue weighted by molar-refractivity contribution is 6.38. The van der Waals surface area contributed by atoms with Crippen LogP contribution in [0.4, 0.5) is 0 Å². The molecule has 6 heteroatoms. The zero-order valence-electron chi connectivity index (χ0n) is 21.3. The van der Waals surface area contributed by atoms with Crippen molar-refractivity contribution in [2.75, 3.05) is 14.2 Å². The number of hydrogen-bond donors (Lipinski definition) is 0. The maximum Gasteiger partial charge on any atom is 0.339 e. The van der Waals surface area contributed by atoms with Crippen LogP contribution in [0.3, 0.4) is 0 Å². The molecule has 38 heavy (non-hydrogen) atoms. The predicted molar refractivity (Wildman–Crippen MR) is 145 cm³/mol. The van der Waals surface area contributed by atoms with Gasteiger partial charge in [-0.15, -0.1) is 0 Å². The largest absolute Gasteiger partial charge is 0.488 e. The average molecular weight is 509 g/mol. The second kappa shape index (κ2) is 12.9. The topological polar surface area (TPSA) is 71.1 Å². The summed E-state index contributed by atoms with van der Waals surface area (Å²) in [5.41, 5.74) is 2.73. The van der Waals surface area contributed by atoms with E-state index < -0.39 is 11.9 Å². The number of methoxy groups -OCH3 is 2. The molecule has 0 fully saturated rings. The minimum atomic E-state index is -0.709. The molecule has 0 heterocycles. The SMILES string of the molecule is COC(=O)/C(=C(/C(=O)OC)c1ccccc1OCc1ccccc1)c1ccccc1OCc1ccccc1. The van der Waals surface area contributed by atoms with Crippen LogP contribution in [0.1, 0.15) is 22.3 Å². The van der Waals surface area contributed by atoms with Crippen LogP contribution >= 0.6 is 0 Å². The van der Waals surface area contributed by atoms with E-state index in [1.807, 2.05) is 60.7 Å². The van der Waals surface area contributed by atoms with E-state index in [1.54, 1.807) is 48.5 Å². The monoisotopic (exact) mass is 508 g/mol. The molecule has 0 atom stereocenters. The Kier molecular flexibility index (Phi) is 8.92. The summed E-state index contributed by atoms with van der Waals surface area (Å²) in [4.78, 5) is 26.6. The van der Waals surface area contributed by atoms with Crippen LogP contribution in [0.25, 0.3) is 11.1 Å². The first-order valence-electron chi connectivity index (χ1n) is 12.1. The molecule has 0 unspecified atom stereocenters. The number of hydrogen-bond acceptors (Lipinski definition) is 6. The van der Waals surface area contributed by atoms with E-state index in [9.17, 15) is 9.59 Å². The molecule has 0 aliphatic carbocycles. The minimum Gasteiger partial charge on any atom is -0.488 e. The number of rotatable bonds is 10.